The van der Waals surface area contributed by atoms with Gasteiger partial charge in [0.15, 0.2) is 0 Å². The van der Waals surface area contributed by atoms with Gasteiger partial charge in [-0.3, -0.25) is 4.90 Å². The van der Waals surface area contributed by atoms with Crippen molar-refractivity contribution in [2.75, 3.05) is 26.0 Å². The number of thioether (sulfide) groups is 1. The first kappa shape index (κ1) is 12.9. The van der Waals surface area contributed by atoms with E-state index < -0.39 is 0 Å². The van der Waals surface area contributed by atoms with Gasteiger partial charge in [0.25, 0.3) is 0 Å². The van der Waals surface area contributed by atoms with Crippen LogP contribution in [0.3, 0.4) is 0 Å². The lowest BCUT2D eigenvalue weighted by Crippen LogP contribution is -2.20. The third-order valence-corrected chi connectivity index (χ3v) is 4.22. The average molecular weight is 251 g/mol. The molecular weight excluding hydrogens is 230 g/mol. The van der Waals surface area contributed by atoms with Gasteiger partial charge in [-0.15, -0.1) is 11.8 Å². The molecule has 1 N–H and O–H groups in total. The molecule has 1 atom stereocenters. The molecule has 1 aromatic carbocycles. The molecule has 2 rings (SSSR count). The van der Waals surface area contributed by atoms with Crippen LogP contribution in [-0.4, -0.2) is 36.0 Å². The van der Waals surface area contributed by atoms with Crippen LogP contribution in [0.1, 0.15) is 18.4 Å². The van der Waals surface area contributed by atoms with Crippen LogP contribution in [0.4, 0.5) is 0 Å². The van der Waals surface area contributed by atoms with E-state index in [1.807, 2.05) is 0 Å². The molecule has 0 spiro atoms. The Hall–Kier alpha value is -0.510. The van der Waals surface area contributed by atoms with Crippen LogP contribution in [-0.2, 0) is 6.54 Å². The maximum Gasteiger partial charge on any atom is 0.0434 e. The van der Waals surface area contributed by atoms with Crippen LogP contribution in [0.5, 0.6) is 0 Å². The summed E-state index contributed by atoms with van der Waals surface area (Å²) < 4.78 is 0. The van der Waals surface area contributed by atoms with Crippen LogP contribution in [0.15, 0.2) is 29.2 Å². The van der Waals surface area contributed by atoms with Gasteiger partial charge in [-0.05, 0) is 49.3 Å². The van der Waals surface area contributed by atoms with E-state index in [1.54, 1.807) is 11.8 Å². The van der Waals surface area contributed by atoms with Gasteiger partial charge in [0.2, 0.25) is 0 Å². The maximum atomic E-state index is 8.94. The molecule has 1 aliphatic rings. The van der Waals surface area contributed by atoms with E-state index in [1.165, 1.54) is 23.4 Å². The first-order valence-electron chi connectivity index (χ1n) is 6.28. The van der Waals surface area contributed by atoms with E-state index in [-0.39, 0.29) is 0 Å². The third kappa shape index (κ3) is 3.73. The van der Waals surface area contributed by atoms with Gasteiger partial charge in [0, 0.05) is 24.6 Å². The fourth-order valence-electron chi connectivity index (χ4n) is 2.46. The third-order valence-electron chi connectivity index (χ3n) is 3.47. The SMILES string of the molecule is CSc1ccc(CN2CCC(CCO)C2)cc1. The monoisotopic (exact) mass is 251 g/mol. The highest BCUT2D eigenvalue weighted by Crippen LogP contribution is 2.22. The standard InChI is InChI=1S/C14H21NOS/c1-17-14-4-2-12(3-5-14)10-15-8-6-13(11-15)7-9-16/h2-5,13,16H,6-11H2,1H3. The Balaban J connectivity index is 1.84. The summed E-state index contributed by atoms with van der Waals surface area (Å²) in [5.41, 5.74) is 1.40. The zero-order valence-corrected chi connectivity index (χ0v) is 11.2. The molecule has 3 heteroatoms. The van der Waals surface area contributed by atoms with E-state index in [2.05, 4.69) is 35.4 Å². The van der Waals surface area contributed by atoms with Gasteiger partial charge in [-0.1, -0.05) is 12.1 Å². The molecule has 0 bridgehead atoms. The summed E-state index contributed by atoms with van der Waals surface area (Å²) in [5, 5.41) is 8.94. The largest absolute Gasteiger partial charge is 0.396 e. The van der Waals surface area contributed by atoms with Gasteiger partial charge in [0.1, 0.15) is 0 Å². The number of rotatable bonds is 5. The zero-order chi connectivity index (χ0) is 12.1. The molecule has 0 amide bonds. The lowest BCUT2D eigenvalue weighted by molar-refractivity contribution is 0.249. The second-order valence-corrected chi connectivity index (χ2v) is 5.63. The smallest absolute Gasteiger partial charge is 0.0434 e. The Kier molecular flexibility index (Phi) is 4.89. The van der Waals surface area contributed by atoms with Crippen molar-refractivity contribution in [2.45, 2.75) is 24.3 Å². The van der Waals surface area contributed by atoms with Crippen LogP contribution in [0, 0.1) is 5.92 Å². The lowest BCUT2D eigenvalue weighted by atomic mass is 10.1. The first-order chi connectivity index (χ1) is 8.31. The minimum Gasteiger partial charge on any atom is -0.396 e. The molecule has 0 saturated carbocycles. The molecule has 1 aliphatic heterocycles. The van der Waals surface area contributed by atoms with E-state index in [4.69, 9.17) is 5.11 Å². The molecular formula is C14H21NOS. The molecule has 1 heterocycles. The van der Waals surface area contributed by atoms with Crippen molar-refractivity contribution in [1.82, 2.24) is 4.90 Å². The van der Waals surface area contributed by atoms with Crippen LogP contribution in [0.2, 0.25) is 0 Å². The zero-order valence-electron chi connectivity index (χ0n) is 10.4. The van der Waals surface area contributed by atoms with Gasteiger partial charge in [-0.2, -0.15) is 0 Å². The minimum atomic E-state index is 0.334. The number of aliphatic hydroxyl groups is 1. The van der Waals surface area contributed by atoms with Crippen molar-refractivity contribution in [3.63, 3.8) is 0 Å². The van der Waals surface area contributed by atoms with E-state index >= 15 is 0 Å². The predicted octanol–water partition coefficient (Wildman–Crippen LogP) is 2.61. The molecule has 0 aromatic heterocycles. The summed E-state index contributed by atoms with van der Waals surface area (Å²) in [6.07, 6.45) is 4.31. The Morgan fingerprint density at radius 3 is 2.76 bits per heavy atom. The van der Waals surface area contributed by atoms with Crippen molar-refractivity contribution in [2.24, 2.45) is 5.92 Å². The molecule has 1 saturated heterocycles. The first-order valence-corrected chi connectivity index (χ1v) is 7.50. The molecule has 1 unspecified atom stereocenters. The molecule has 17 heavy (non-hydrogen) atoms. The highest BCUT2D eigenvalue weighted by molar-refractivity contribution is 7.98. The number of hydrogen-bond donors (Lipinski definition) is 1. The highest BCUT2D eigenvalue weighted by atomic mass is 32.2. The molecule has 1 fully saturated rings. The summed E-state index contributed by atoms with van der Waals surface area (Å²) in [6.45, 7) is 3.71. The lowest BCUT2D eigenvalue weighted by Gasteiger charge is -2.16. The number of aliphatic hydroxyl groups excluding tert-OH is 1. The van der Waals surface area contributed by atoms with E-state index in [9.17, 15) is 0 Å². The molecule has 0 aliphatic carbocycles. The fraction of sp³-hybridized carbons (Fsp3) is 0.571. The predicted molar refractivity (Wildman–Crippen MR) is 73.3 cm³/mol. The summed E-state index contributed by atoms with van der Waals surface area (Å²) in [7, 11) is 0. The topological polar surface area (TPSA) is 23.5 Å². The summed E-state index contributed by atoms with van der Waals surface area (Å²) in [5.74, 6) is 0.700. The second kappa shape index (κ2) is 6.43. The number of likely N-dealkylation sites (tertiary alicyclic amines) is 1. The van der Waals surface area contributed by atoms with E-state index in [0.717, 1.165) is 19.5 Å². The fourth-order valence-corrected chi connectivity index (χ4v) is 2.87. The van der Waals surface area contributed by atoms with Crippen molar-refractivity contribution in [3.8, 4) is 0 Å². The van der Waals surface area contributed by atoms with Gasteiger partial charge in [0.05, 0.1) is 0 Å². The van der Waals surface area contributed by atoms with Gasteiger partial charge < -0.3 is 5.11 Å². The van der Waals surface area contributed by atoms with Gasteiger partial charge in [-0.25, -0.2) is 0 Å². The van der Waals surface area contributed by atoms with Crippen molar-refractivity contribution in [3.05, 3.63) is 29.8 Å². The Bertz CT molecular complexity index is 339. The molecule has 0 radical (unpaired) electrons. The van der Waals surface area contributed by atoms with Crippen molar-refractivity contribution in [1.29, 1.82) is 0 Å². The van der Waals surface area contributed by atoms with Crippen molar-refractivity contribution < 1.29 is 5.11 Å². The van der Waals surface area contributed by atoms with E-state index in [0.29, 0.717) is 12.5 Å². The maximum absolute atomic E-state index is 8.94. The van der Waals surface area contributed by atoms with Crippen LogP contribution < -0.4 is 0 Å². The number of nitrogens with zero attached hydrogens (tertiary/aromatic N) is 1. The Morgan fingerprint density at radius 1 is 1.35 bits per heavy atom. The Morgan fingerprint density at radius 2 is 2.12 bits per heavy atom. The van der Waals surface area contributed by atoms with Crippen LogP contribution in [0.25, 0.3) is 0 Å². The summed E-state index contributed by atoms with van der Waals surface area (Å²) in [6, 6.07) is 8.85. The minimum absolute atomic E-state index is 0.334. The normalized spacial score (nSPS) is 20.9. The number of benzene rings is 1. The number of hydrogen-bond acceptors (Lipinski definition) is 3. The second-order valence-electron chi connectivity index (χ2n) is 4.75. The van der Waals surface area contributed by atoms with Gasteiger partial charge >= 0.3 is 0 Å². The molecule has 94 valence electrons. The highest BCUT2D eigenvalue weighted by Gasteiger charge is 2.21. The summed E-state index contributed by atoms with van der Waals surface area (Å²) >= 11 is 1.79. The quantitative estimate of drug-likeness (QED) is 0.814. The molecule has 1 aromatic rings. The Labute approximate surface area is 108 Å². The average Bonchev–Trinajstić information content (AvgIpc) is 2.78. The summed E-state index contributed by atoms with van der Waals surface area (Å²) in [4.78, 5) is 3.82. The van der Waals surface area contributed by atoms with Crippen LogP contribution >= 0.6 is 11.8 Å². The van der Waals surface area contributed by atoms with Crippen molar-refractivity contribution >= 4 is 11.8 Å². The molecule has 2 nitrogen and oxygen atoms in total.